The van der Waals surface area contributed by atoms with E-state index >= 15 is 0 Å². The second-order valence-electron chi connectivity index (χ2n) is 6.81. The van der Waals surface area contributed by atoms with Gasteiger partial charge in [0.1, 0.15) is 5.82 Å². The van der Waals surface area contributed by atoms with E-state index in [1.54, 1.807) is 12.1 Å². The Morgan fingerprint density at radius 1 is 1.06 bits per heavy atom. The Labute approximate surface area is 185 Å². The molecule has 0 aliphatic heterocycles. The number of carbonyl (C=O) groups excluding carboxylic acids is 1. The van der Waals surface area contributed by atoms with Crippen LogP contribution >= 0.6 is 22.7 Å². The van der Waals surface area contributed by atoms with Crippen LogP contribution in [-0.4, -0.2) is 15.8 Å². The molecule has 0 fully saturated rings. The Morgan fingerprint density at radius 3 is 2.42 bits per heavy atom. The molecule has 0 saturated heterocycles. The fourth-order valence-corrected chi connectivity index (χ4v) is 4.69. The molecule has 0 aliphatic carbocycles. The highest BCUT2D eigenvalue weighted by atomic mass is 32.1. The summed E-state index contributed by atoms with van der Waals surface area (Å²) in [5.74, 6) is -0.750. The minimum absolute atomic E-state index is 0.0957. The van der Waals surface area contributed by atoms with E-state index in [0.717, 1.165) is 38.6 Å². The zero-order chi connectivity index (χ0) is 22.0. The summed E-state index contributed by atoms with van der Waals surface area (Å²) in [6, 6.07) is 16.9. The molecule has 2 heterocycles. The number of nitrogens with one attached hydrogen (secondary N) is 1. The molecule has 6 nitrogen and oxygen atoms in total. The van der Waals surface area contributed by atoms with Gasteiger partial charge in [0.05, 0.1) is 15.5 Å². The first-order chi connectivity index (χ1) is 14.9. The number of rotatable bonds is 6. The highest BCUT2D eigenvalue weighted by Gasteiger charge is 2.19. The van der Waals surface area contributed by atoms with E-state index in [2.05, 4.69) is 10.3 Å². The number of nitrogens with zero attached hydrogens (tertiary/aromatic N) is 2. The number of carbonyl (C=O) groups is 1. The van der Waals surface area contributed by atoms with Crippen molar-refractivity contribution in [1.82, 2.24) is 4.98 Å². The van der Waals surface area contributed by atoms with E-state index in [9.17, 15) is 19.3 Å². The van der Waals surface area contributed by atoms with Crippen LogP contribution in [0.25, 0.3) is 11.3 Å². The molecule has 2 aromatic heterocycles. The van der Waals surface area contributed by atoms with E-state index in [-0.39, 0.29) is 15.7 Å². The van der Waals surface area contributed by atoms with Crippen LogP contribution < -0.4 is 5.32 Å². The third-order valence-corrected chi connectivity index (χ3v) is 6.52. The number of amides is 1. The first kappa shape index (κ1) is 20.8. The number of aryl methyl sites for hydroxylation is 1. The quantitative estimate of drug-likeness (QED) is 0.284. The molecule has 1 N–H and O–H groups in total. The van der Waals surface area contributed by atoms with E-state index < -0.39 is 10.8 Å². The summed E-state index contributed by atoms with van der Waals surface area (Å²) in [5, 5.41) is 13.9. The molecule has 0 radical (unpaired) electrons. The maximum atomic E-state index is 13.3. The lowest BCUT2D eigenvalue weighted by molar-refractivity contribution is -0.380. The van der Waals surface area contributed by atoms with Crippen molar-refractivity contribution < 1.29 is 14.1 Å². The summed E-state index contributed by atoms with van der Waals surface area (Å²) in [6.07, 6.45) is 0.529. The lowest BCUT2D eigenvalue weighted by atomic mass is 10.1. The molecular weight excluding hydrogens is 437 g/mol. The molecule has 9 heteroatoms. The molecule has 0 bridgehead atoms. The number of hydrogen-bond donors (Lipinski definition) is 1. The maximum Gasteiger partial charge on any atom is 0.324 e. The van der Waals surface area contributed by atoms with Gasteiger partial charge in [0, 0.05) is 22.9 Å². The van der Waals surface area contributed by atoms with Crippen LogP contribution in [0.15, 0.2) is 60.7 Å². The van der Waals surface area contributed by atoms with Gasteiger partial charge in [0.15, 0.2) is 5.13 Å². The van der Waals surface area contributed by atoms with Crippen molar-refractivity contribution >= 4 is 38.7 Å². The molecule has 2 aromatic carbocycles. The van der Waals surface area contributed by atoms with E-state index in [4.69, 9.17) is 0 Å². The molecule has 156 valence electrons. The van der Waals surface area contributed by atoms with Crippen LogP contribution in [0.3, 0.4) is 0 Å². The smallest absolute Gasteiger partial charge is 0.297 e. The number of hydrogen-bond acceptors (Lipinski definition) is 6. The summed E-state index contributed by atoms with van der Waals surface area (Å²) in [6.45, 7) is 2.00. The molecule has 0 saturated carbocycles. The average molecular weight is 454 g/mol. The average Bonchev–Trinajstić information content (AvgIpc) is 3.38. The van der Waals surface area contributed by atoms with Crippen molar-refractivity contribution in [3.8, 4) is 11.3 Å². The van der Waals surface area contributed by atoms with Gasteiger partial charge in [-0.15, -0.1) is 11.3 Å². The van der Waals surface area contributed by atoms with E-state index in [1.807, 2.05) is 31.2 Å². The molecule has 0 aliphatic rings. The number of halogens is 1. The van der Waals surface area contributed by atoms with Gasteiger partial charge in [-0.2, -0.15) is 0 Å². The third kappa shape index (κ3) is 4.84. The monoisotopic (exact) mass is 453 g/mol. The molecule has 0 spiro atoms. The number of anilines is 1. The van der Waals surface area contributed by atoms with Gasteiger partial charge in [0.25, 0.3) is 5.91 Å². The fourth-order valence-electron chi connectivity index (χ4n) is 2.96. The van der Waals surface area contributed by atoms with Crippen LogP contribution in [0.1, 0.15) is 25.7 Å². The first-order valence-electron chi connectivity index (χ1n) is 9.26. The Bertz CT molecular complexity index is 1250. The molecule has 4 rings (SSSR count). The van der Waals surface area contributed by atoms with E-state index in [0.29, 0.717) is 11.6 Å². The maximum absolute atomic E-state index is 13.3. The fraction of sp³-hybridized carbons (Fsp3) is 0.0909. The number of thiophene rings is 1. The molecule has 4 aromatic rings. The van der Waals surface area contributed by atoms with Crippen molar-refractivity contribution in [2.45, 2.75) is 13.3 Å². The van der Waals surface area contributed by atoms with Crippen LogP contribution in [0, 0.1) is 22.9 Å². The largest absolute Gasteiger partial charge is 0.324 e. The Kier molecular flexibility index (Phi) is 5.88. The topological polar surface area (TPSA) is 85.1 Å². The summed E-state index contributed by atoms with van der Waals surface area (Å²) in [5.41, 5.74) is 3.69. The predicted octanol–water partition coefficient (Wildman–Crippen LogP) is 6.07. The number of nitro groups is 1. The van der Waals surface area contributed by atoms with Crippen molar-refractivity contribution in [2.24, 2.45) is 0 Å². The van der Waals surface area contributed by atoms with Gasteiger partial charge in [-0.25, -0.2) is 9.37 Å². The Balaban J connectivity index is 1.64. The molecule has 31 heavy (non-hydrogen) atoms. The van der Waals surface area contributed by atoms with Crippen molar-refractivity contribution in [1.29, 1.82) is 0 Å². The second-order valence-corrected chi connectivity index (χ2v) is 8.96. The zero-order valence-electron chi connectivity index (χ0n) is 16.3. The van der Waals surface area contributed by atoms with Crippen LogP contribution in [-0.2, 0) is 6.42 Å². The molecular formula is C22H16FN3O3S2. The minimum Gasteiger partial charge on any atom is -0.297 e. The van der Waals surface area contributed by atoms with E-state index in [1.165, 1.54) is 35.6 Å². The first-order valence-corrected chi connectivity index (χ1v) is 10.9. The van der Waals surface area contributed by atoms with Gasteiger partial charge in [-0.3, -0.25) is 20.2 Å². The second kappa shape index (κ2) is 8.75. The lowest BCUT2D eigenvalue weighted by Crippen LogP contribution is -2.09. The SMILES string of the molecule is Cc1ccc(-c2nc(NC(=O)c3ccc([N+](=O)[O-])s3)sc2Cc2ccc(F)cc2)cc1. The summed E-state index contributed by atoms with van der Waals surface area (Å²) in [7, 11) is 0. The summed E-state index contributed by atoms with van der Waals surface area (Å²) in [4.78, 5) is 28.7. The van der Waals surface area contributed by atoms with Crippen LogP contribution in [0.5, 0.6) is 0 Å². The van der Waals surface area contributed by atoms with Gasteiger partial charge in [0.2, 0.25) is 0 Å². The van der Waals surface area contributed by atoms with Crippen LogP contribution in [0.4, 0.5) is 14.5 Å². The highest BCUT2D eigenvalue weighted by Crippen LogP contribution is 2.34. The van der Waals surface area contributed by atoms with Crippen molar-refractivity contribution in [2.75, 3.05) is 5.32 Å². The van der Waals surface area contributed by atoms with Gasteiger partial charge < -0.3 is 0 Å². The molecule has 0 unspecified atom stereocenters. The van der Waals surface area contributed by atoms with Crippen LogP contribution in [0.2, 0.25) is 0 Å². The Hall–Kier alpha value is -3.43. The zero-order valence-corrected chi connectivity index (χ0v) is 17.9. The number of thiazole rings is 1. The molecule has 0 atom stereocenters. The van der Waals surface area contributed by atoms with Crippen molar-refractivity contribution in [3.05, 3.63) is 97.5 Å². The summed E-state index contributed by atoms with van der Waals surface area (Å²) < 4.78 is 13.3. The lowest BCUT2D eigenvalue weighted by Gasteiger charge is -2.04. The molecule has 1 amide bonds. The number of benzene rings is 2. The van der Waals surface area contributed by atoms with Crippen molar-refractivity contribution in [3.63, 3.8) is 0 Å². The minimum atomic E-state index is -0.527. The van der Waals surface area contributed by atoms with Gasteiger partial charge in [-0.05, 0) is 30.7 Å². The Morgan fingerprint density at radius 2 is 1.77 bits per heavy atom. The normalized spacial score (nSPS) is 10.8. The summed E-state index contributed by atoms with van der Waals surface area (Å²) >= 11 is 2.14. The standard InChI is InChI=1S/C22H16FN3O3S2/c1-13-2-6-15(7-3-13)20-18(12-14-4-8-16(23)9-5-14)31-22(24-20)25-21(27)17-10-11-19(30-17)26(28)29/h2-11H,12H2,1H3,(H,24,25,27). The predicted molar refractivity (Wildman–Crippen MR) is 120 cm³/mol. The number of aromatic nitrogens is 1. The third-order valence-electron chi connectivity index (χ3n) is 4.52. The van der Waals surface area contributed by atoms with Gasteiger partial charge >= 0.3 is 5.00 Å². The van der Waals surface area contributed by atoms with Gasteiger partial charge in [-0.1, -0.05) is 53.3 Å². The highest BCUT2D eigenvalue weighted by molar-refractivity contribution is 7.18.